The van der Waals surface area contributed by atoms with Crippen molar-refractivity contribution in [1.82, 2.24) is 9.55 Å². The fourth-order valence-corrected chi connectivity index (χ4v) is 2.71. The number of benzene rings is 2. The molecule has 144 valence electrons. The smallest absolute Gasteiger partial charge is 0.333 e. The minimum Gasteiger partial charge on any atom is -0.497 e. The van der Waals surface area contributed by atoms with Crippen molar-refractivity contribution in [3.8, 4) is 17.2 Å². The third-order valence-corrected chi connectivity index (χ3v) is 4.15. The SMILES string of the molecule is COc1ccc(-n2c(=O)[nH]cc(C(=O)Nc3cc(C)ccc3OC)c2=O)cc1. The molecule has 8 heteroatoms. The highest BCUT2D eigenvalue weighted by Gasteiger charge is 2.17. The molecule has 0 saturated carbocycles. The van der Waals surface area contributed by atoms with Crippen molar-refractivity contribution < 1.29 is 14.3 Å². The Morgan fingerprint density at radius 2 is 1.75 bits per heavy atom. The molecule has 8 nitrogen and oxygen atoms in total. The molecule has 0 bridgehead atoms. The van der Waals surface area contributed by atoms with Gasteiger partial charge < -0.3 is 19.8 Å². The quantitative estimate of drug-likeness (QED) is 0.705. The van der Waals surface area contributed by atoms with Gasteiger partial charge in [-0.05, 0) is 48.9 Å². The molecule has 1 amide bonds. The minimum atomic E-state index is -0.738. The third kappa shape index (κ3) is 3.66. The molecule has 0 spiro atoms. The Balaban J connectivity index is 2.01. The summed E-state index contributed by atoms with van der Waals surface area (Å²) in [6, 6.07) is 11.6. The number of methoxy groups -OCH3 is 2. The zero-order valence-corrected chi connectivity index (χ0v) is 15.6. The Morgan fingerprint density at radius 1 is 1.04 bits per heavy atom. The van der Waals surface area contributed by atoms with E-state index in [-0.39, 0.29) is 5.56 Å². The van der Waals surface area contributed by atoms with Gasteiger partial charge in [0.1, 0.15) is 17.1 Å². The molecule has 0 fully saturated rings. The third-order valence-electron chi connectivity index (χ3n) is 4.15. The van der Waals surface area contributed by atoms with Crippen molar-refractivity contribution in [2.45, 2.75) is 6.92 Å². The molecule has 0 unspecified atom stereocenters. The minimum absolute atomic E-state index is 0.209. The lowest BCUT2D eigenvalue weighted by Gasteiger charge is -2.12. The number of carbonyl (C=O) groups is 1. The molecular formula is C20H19N3O5. The number of hydrogen-bond donors (Lipinski definition) is 2. The summed E-state index contributed by atoms with van der Waals surface area (Å²) >= 11 is 0. The van der Waals surface area contributed by atoms with Gasteiger partial charge in [0, 0.05) is 6.20 Å². The van der Waals surface area contributed by atoms with Crippen LogP contribution in [0.5, 0.6) is 11.5 Å². The topological polar surface area (TPSA) is 102 Å². The molecule has 0 aliphatic heterocycles. The van der Waals surface area contributed by atoms with Crippen LogP contribution in [-0.2, 0) is 0 Å². The number of rotatable bonds is 5. The van der Waals surface area contributed by atoms with E-state index < -0.39 is 17.2 Å². The summed E-state index contributed by atoms with van der Waals surface area (Å²) in [6.45, 7) is 1.87. The van der Waals surface area contributed by atoms with Gasteiger partial charge in [0.2, 0.25) is 0 Å². The lowest BCUT2D eigenvalue weighted by molar-refractivity contribution is 0.102. The summed E-state index contributed by atoms with van der Waals surface area (Å²) < 4.78 is 11.2. The highest BCUT2D eigenvalue weighted by Crippen LogP contribution is 2.25. The predicted molar refractivity (Wildman–Crippen MR) is 105 cm³/mol. The van der Waals surface area contributed by atoms with Gasteiger partial charge in [-0.15, -0.1) is 0 Å². The van der Waals surface area contributed by atoms with E-state index in [1.165, 1.54) is 14.2 Å². The van der Waals surface area contributed by atoms with E-state index in [1.807, 2.05) is 13.0 Å². The second-order valence-electron chi connectivity index (χ2n) is 6.00. The number of aromatic amines is 1. The normalized spacial score (nSPS) is 10.4. The summed E-state index contributed by atoms with van der Waals surface area (Å²) in [4.78, 5) is 40.1. The van der Waals surface area contributed by atoms with Gasteiger partial charge in [0.25, 0.3) is 11.5 Å². The first-order valence-electron chi connectivity index (χ1n) is 8.39. The highest BCUT2D eigenvalue weighted by molar-refractivity contribution is 6.04. The summed E-state index contributed by atoms with van der Waals surface area (Å²) in [5, 5.41) is 2.66. The summed E-state index contributed by atoms with van der Waals surface area (Å²) in [5.74, 6) is 0.375. The van der Waals surface area contributed by atoms with E-state index in [0.717, 1.165) is 16.3 Å². The number of anilines is 1. The van der Waals surface area contributed by atoms with Crippen molar-refractivity contribution in [1.29, 1.82) is 0 Å². The molecule has 0 aliphatic rings. The average Bonchev–Trinajstić information content (AvgIpc) is 2.68. The summed E-state index contributed by atoms with van der Waals surface area (Å²) in [6.07, 6.45) is 1.10. The number of nitrogens with one attached hydrogen (secondary N) is 2. The molecule has 0 radical (unpaired) electrons. The van der Waals surface area contributed by atoms with Crippen molar-refractivity contribution in [3.63, 3.8) is 0 Å². The fourth-order valence-electron chi connectivity index (χ4n) is 2.71. The first-order valence-corrected chi connectivity index (χ1v) is 8.39. The van der Waals surface area contributed by atoms with E-state index in [2.05, 4.69) is 10.3 Å². The average molecular weight is 381 g/mol. The van der Waals surface area contributed by atoms with Gasteiger partial charge >= 0.3 is 5.69 Å². The lowest BCUT2D eigenvalue weighted by atomic mass is 10.2. The molecule has 28 heavy (non-hydrogen) atoms. The maximum atomic E-state index is 12.8. The highest BCUT2D eigenvalue weighted by atomic mass is 16.5. The molecule has 3 aromatic rings. The molecule has 0 aliphatic carbocycles. The number of nitrogens with zero attached hydrogens (tertiary/aromatic N) is 1. The number of hydrogen-bond acceptors (Lipinski definition) is 5. The van der Waals surface area contributed by atoms with Crippen LogP contribution in [0.2, 0.25) is 0 Å². The van der Waals surface area contributed by atoms with Crippen LogP contribution in [0, 0.1) is 6.92 Å². The van der Waals surface area contributed by atoms with Crippen LogP contribution in [0.1, 0.15) is 15.9 Å². The van der Waals surface area contributed by atoms with Crippen molar-refractivity contribution in [2.24, 2.45) is 0 Å². The second-order valence-corrected chi connectivity index (χ2v) is 6.00. The zero-order valence-electron chi connectivity index (χ0n) is 15.6. The number of aromatic nitrogens is 2. The molecule has 3 rings (SSSR count). The summed E-state index contributed by atoms with van der Waals surface area (Å²) in [5.41, 5.74) is 0.0500. The van der Waals surface area contributed by atoms with Crippen LogP contribution in [0.15, 0.2) is 58.3 Å². The Hall–Kier alpha value is -3.81. The molecule has 2 N–H and O–H groups in total. The Morgan fingerprint density at radius 3 is 2.39 bits per heavy atom. The van der Waals surface area contributed by atoms with E-state index >= 15 is 0 Å². The maximum absolute atomic E-state index is 12.8. The van der Waals surface area contributed by atoms with Gasteiger partial charge in [0.05, 0.1) is 25.6 Å². The van der Waals surface area contributed by atoms with Crippen LogP contribution in [0.25, 0.3) is 5.69 Å². The maximum Gasteiger partial charge on any atom is 0.333 e. The van der Waals surface area contributed by atoms with Crippen LogP contribution in [0.4, 0.5) is 5.69 Å². The summed E-state index contributed by atoms with van der Waals surface area (Å²) in [7, 11) is 3.00. The molecule has 1 heterocycles. The number of aryl methyl sites for hydroxylation is 1. The Labute approximate surface area is 160 Å². The van der Waals surface area contributed by atoms with E-state index in [0.29, 0.717) is 22.9 Å². The number of ether oxygens (including phenoxy) is 2. The monoisotopic (exact) mass is 381 g/mol. The first-order chi connectivity index (χ1) is 13.4. The lowest BCUT2D eigenvalue weighted by Crippen LogP contribution is -2.38. The van der Waals surface area contributed by atoms with Gasteiger partial charge in [-0.3, -0.25) is 9.59 Å². The van der Waals surface area contributed by atoms with Crippen molar-refractivity contribution in [2.75, 3.05) is 19.5 Å². The van der Waals surface area contributed by atoms with Crippen molar-refractivity contribution >= 4 is 11.6 Å². The van der Waals surface area contributed by atoms with Gasteiger partial charge in [0.15, 0.2) is 0 Å². The Bertz CT molecular complexity index is 1130. The number of carbonyl (C=O) groups excluding carboxylic acids is 1. The van der Waals surface area contributed by atoms with E-state index in [4.69, 9.17) is 9.47 Å². The fraction of sp³-hybridized carbons (Fsp3) is 0.150. The largest absolute Gasteiger partial charge is 0.497 e. The molecule has 2 aromatic carbocycles. The van der Waals surface area contributed by atoms with Crippen LogP contribution in [0.3, 0.4) is 0 Å². The predicted octanol–water partition coefficient (Wildman–Crippen LogP) is 2.10. The van der Waals surface area contributed by atoms with Gasteiger partial charge in [-0.2, -0.15) is 0 Å². The molecule has 0 atom stereocenters. The van der Waals surface area contributed by atoms with Crippen LogP contribution in [-0.4, -0.2) is 29.7 Å². The molecule has 0 saturated heterocycles. The zero-order chi connectivity index (χ0) is 20.3. The van der Waals surface area contributed by atoms with Crippen molar-refractivity contribution in [3.05, 3.63) is 80.6 Å². The molecule has 1 aromatic heterocycles. The van der Waals surface area contributed by atoms with E-state index in [9.17, 15) is 14.4 Å². The number of H-pyrrole nitrogens is 1. The first kappa shape index (κ1) is 19.0. The van der Waals surface area contributed by atoms with Gasteiger partial charge in [-0.1, -0.05) is 6.07 Å². The Kier molecular flexibility index (Phi) is 5.30. The van der Waals surface area contributed by atoms with Crippen LogP contribution >= 0.6 is 0 Å². The van der Waals surface area contributed by atoms with Gasteiger partial charge in [-0.25, -0.2) is 9.36 Å². The van der Waals surface area contributed by atoms with Crippen LogP contribution < -0.4 is 26.0 Å². The van der Waals surface area contributed by atoms with E-state index in [1.54, 1.807) is 36.4 Å². The standard InChI is InChI=1S/C20H19N3O5/c1-12-4-9-17(28-3)16(10-12)22-18(24)15-11-21-20(26)23(19(15)25)13-5-7-14(27-2)8-6-13/h4-11H,1-3H3,(H,21,26)(H,22,24). The second kappa shape index (κ2) is 7.83. The number of amides is 1. The molecular weight excluding hydrogens is 362 g/mol.